The van der Waals surface area contributed by atoms with Gasteiger partial charge in [-0.25, -0.2) is 0 Å². The van der Waals surface area contributed by atoms with Gasteiger partial charge in [0, 0.05) is 17.8 Å². The molecule has 0 aliphatic heterocycles. The number of thioether (sulfide) groups is 1. The molecule has 2 rings (SSSR count). The summed E-state index contributed by atoms with van der Waals surface area (Å²) in [6.07, 6.45) is 0. The first kappa shape index (κ1) is 15.8. The Morgan fingerprint density at radius 3 is 2.59 bits per heavy atom. The van der Waals surface area contributed by atoms with Gasteiger partial charge in [-0.05, 0) is 30.8 Å². The number of amides is 1. The van der Waals surface area contributed by atoms with E-state index < -0.39 is 16.1 Å². The Balaban J connectivity index is 2.01. The number of nitro benzene ring substituents is 1. The summed E-state index contributed by atoms with van der Waals surface area (Å²) in [6, 6.07) is 5.46. The third kappa shape index (κ3) is 3.52. The van der Waals surface area contributed by atoms with Gasteiger partial charge in [-0.2, -0.15) is 0 Å². The van der Waals surface area contributed by atoms with E-state index in [1.165, 1.54) is 36.0 Å². The molecule has 0 fully saturated rings. The number of nitrogens with one attached hydrogen (secondary N) is 1. The van der Waals surface area contributed by atoms with E-state index in [1.807, 2.05) is 0 Å². The quantitative estimate of drug-likeness (QED) is 0.369. The highest BCUT2D eigenvalue weighted by Gasteiger charge is 2.23. The first-order valence-corrected chi connectivity index (χ1v) is 7.01. The molecule has 0 radical (unpaired) electrons. The van der Waals surface area contributed by atoms with Crippen LogP contribution in [0.4, 0.5) is 11.4 Å². The van der Waals surface area contributed by atoms with Crippen molar-refractivity contribution in [3.05, 3.63) is 34.4 Å². The molecule has 1 aromatic carbocycles. The summed E-state index contributed by atoms with van der Waals surface area (Å²) in [4.78, 5) is 22.1. The number of non-ortho nitro benzene ring substituents is 1. The number of anilines is 1. The molecule has 10 heteroatoms. The number of nitrogens with zero attached hydrogens (tertiary/aromatic N) is 3. The lowest BCUT2D eigenvalue weighted by Crippen LogP contribution is -2.33. The van der Waals surface area contributed by atoms with Crippen LogP contribution in [-0.2, 0) is 11.8 Å². The smallest absolute Gasteiger partial charge is 0.291 e. The minimum Gasteiger partial charge on any atom is -0.538 e. The van der Waals surface area contributed by atoms with Gasteiger partial charge >= 0.3 is 0 Å². The van der Waals surface area contributed by atoms with Crippen molar-refractivity contribution in [3.63, 3.8) is 0 Å². The van der Waals surface area contributed by atoms with E-state index in [0.29, 0.717) is 5.69 Å². The largest absolute Gasteiger partial charge is 0.538 e. The molecule has 9 nitrogen and oxygen atoms in total. The molecule has 0 saturated heterocycles. The standard InChI is InChI=1S/C12H12N4O5S/c1-7(22-11-12(18)21-14-15(11)2)10(17)13-8-3-5-9(6-4-8)16(19)20/h3-7H,1-2H3,(H-,13,14,17,18). The van der Waals surface area contributed by atoms with Crippen LogP contribution < -0.4 is 15.1 Å². The van der Waals surface area contributed by atoms with Gasteiger partial charge in [0.1, 0.15) is 0 Å². The third-order valence-corrected chi connectivity index (χ3v) is 3.94. The monoisotopic (exact) mass is 324 g/mol. The van der Waals surface area contributed by atoms with Crippen molar-refractivity contribution in [2.24, 2.45) is 7.05 Å². The number of rotatable bonds is 5. The van der Waals surface area contributed by atoms with E-state index in [0.717, 1.165) is 11.8 Å². The molecule has 1 aromatic heterocycles. The summed E-state index contributed by atoms with van der Waals surface area (Å²) >= 11 is 1.01. The first-order chi connectivity index (χ1) is 10.4. The fraction of sp³-hybridized carbons (Fsp3) is 0.250. The van der Waals surface area contributed by atoms with Gasteiger partial charge in [0.05, 0.1) is 15.4 Å². The van der Waals surface area contributed by atoms with Crippen LogP contribution in [0.3, 0.4) is 0 Å². The fourth-order valence-corrected chi connectivity index (χ4v) is 2.38. The second-order valence-corrected chi connectivity index (χ2v) is 5.67. The Morgan fingerprint density at radius 2 is 2.09 bits per heavy atom. The highest BCUT2D eigenvalue weighted by Crippen LogP contribution is 2.26. The van der Waals surface area contributed by atoms with Crippen LogP contribution in [0.5, 0.6) is 5.95 Å². The van der Waals surface area contributed by atoms with Crippen molar-refractivity contribution in [3.8, 4) is 5.95 Å². The number of aromatic nitrogens is 2. The molecule has 116 valence electrons. The van der Waals surface area contributed by atoms with Crippen molar-refractivity contribution < 1.29 is 24.0 Å². The molecule has 1 atom stereocenters. The summed E-state index contributed by atoms with van der Waals surface area (Å²) in [5.41, 5.74) is 0.369. The van der Waals surface area contributed by atoms with Crippen molar-refractivity contribution in [1.82, 2.24) is 5.27 Å². The van der Waals surface area contributed by atoms with Crippen LogP contribution in [0.1, 0.15) is 6.92 Å². The summed E-state index contributed by atoms with van der Waals surface area (Å²) in [5, 5.41) is 27.6. The predicted octanol–water partition coefficient (Wildman–Crippen LogP) is 0.600. The Morgan fingerprint density at radius 1 is 1.45 bits per heavy atom. The molecule has 0 spiro atoms. The minimum absolute atomic E-state index is 0.0621. The van der Waals surface area contributed by atoms with Crippen molar-refractivity contribution in [1.29, 1.82) is 0 Å². The third-order valence-electron chi connectivity index (χ3n) is 2.72. The average molecular weight is 324 g/mol. The Hall–Kier alpha value is -2.62. The molecular formula is C12H12N4O5S. The van der Waals surface area contributed by atoms with Crippen LogP contribution in [0, 0.1) is 10.1 Å². The molecule has 1 unspecified atom stereocenters. The molecule has 0 bridgehead atoms. The number of hydrogen-bond acceptors (Lipinski definition) is 7. The topological polar surface area (TPSA) is 125 Å². The molecule has 0 aliphatic carbocycles. The number of carbonyl (C=O) groups excluding carboxylic acids is 1. The van der Waals surface area contributed by atoms with Crippen LogP contribution in [0.2, 0.25) is 0 Å². The maximum Gasteiger partial charge on any atom is 0.291 e. The minimum atomic E-state index is -0.609. The zero-order valence-electron chi connectivity index (χ0n) is 11.7. The number of nitro groups is 1. The fourth-order valence-electron chi connectivity index (χ4n) is 1.56. The SMILES string of the molecule is CC(Sc1c([O-])on[n+]1C)C(=O)Nc1ccc([N+](=O)[O-])cc1. The van der Waals surface area contributed by atoms with Gasteiger partial charge in [-0.15, -0.1) is 0 Å². The van der Waals surface area contributed by atoms with Crippen LogP contribution in [0.15, 0.2) is 33.8 Å². The van der Waals surface area contributed by atoms with Crippen LogP contribution in [0.25, 0.3) is 0 Å². The van der Waals surface area contributed by atoms with E-state index >= 15 is 0 Å². The normalized spacial score (nSPS) is 11.9. The lowest BCUT2D eigenvalue weighted by atomic mass is 10.3. The van der Waals surface area contributed by atoms with E-state index in [9.17, 15) is 20.0 Å². The zero-order chi connectivity index (χ0) is 16.3. The van der Waals surface area contributed by atoms with Gasteiger partial charge in [-0.1, -0.05) is 4.68 Å². The lowest BCUT2D eigenvalue weighted by molar-refractivity contribution is -0.772. The van der Waals surface area contributed by atoms with Gasteiger partial charge in [-0.3, -0.25) is 14.9 Å². The van der Waals surface area contributed by atoms with E-state index in [2.05, 4.69) is 15.1 Å². The predicted molar refractivity (Wildman–Crippen MR) is 74.2 cm³/mol. The highest BCUT2D eigenvalue weighted by atomic mass is 32.2. The summed E-state index contributed by atoms with van der Waals surface area (Å²) in [7, 11) is 1.54. The van der Waals surface area contributed by atoms with Crippen LogP contribution in [-0.4, -0.2) is 21.4 Å². The highest BCUT2D eigenvalue weighted by molar-refractivity contribution is 8.00. The van der Waals surface area contributed by atoms with Crippen molar-refractivity contribution >= 4 is 29.0 Å². The molecule has 1 heterocycles. The lowest BCUT2D eigenvalue weighted by Gasteiger charge is -2.09. The van der Waals surface area contributed by atoms with Gasteiger partial charge in [0.2, 0.25) is 5.91 Å². The zero-order valence-corrected chi connectivity index (χ0v) is 12.5. The van der Waals surface area contributed by atoms with Gasteiger partial charge in [0.25, 0.3) is 10.7 Å². The number of benzene rings is 1. The molecule has 1 amide bonds. The molecule has 2 aromatic rings. The van der Waals surface area contributed by atoms with E-state index in [4.69, 9.17) is 0 Å². The van der Waals surface area contributed by atoms with Crippen molar-refractivity contribution in [2.45, 2.75) is 17.2 Å². The maximum atomic E-state index is 12.1. The van der Waals surface area contributed by atoms with Crippen molar-refractivity contribution in [2.75, 3.05) is 5.32 Å². The summed E-state index contributed by atoms with van der Waals surface area (Å²) in [6.45, 7) is 1.62. The summed E-state index contributed by atoms with van der Waals surface area (Å²) < 4.78 is 5.72. The van der Waals surface area contributed by atoms with Gasteiger partial charge < -0.3 is 14.9 Å². The molecular weight excluding hydrogens is 312 g/mol. The second-order valence-electron chi connectivity index (χ2n) is 4.34. The molecule has 0 saturated carbocycles. The van der Waals surface area contributed by atoms with E-state index in [1.54, 1.807) is 6.92 Å². The molecule has 0 aliphatic rings. The summed E-state index contributed by atoms with van der Waals surface area (Å²) in [5.74, 6) is -0.957. The first-order valence-electron chi connectivity index (χ1n) is 6.13. The number of carbonyl (C=O) groups is 1. The molecule has 1 N–H and O–H groups in total. The van der Waals surface area contributed by atoms with Crippen LogP contribution >= 0.6 is 11.8 Å². The molecule has 22 heavy (non-hydrogen) atoms. The Bertz CT molecular complexity index is 681. The Kier molecular flexibility index (Phi) is 4.61. The number of aryl methyl sites for hydroxylation is 1. The number of hydrogen-bond donors (Lipinski definition) is 1. The average Bonchev–Trinajstić information content (AvgIpc) is 2.79. The van der Waals surface area contributed by atoms with E-state index in [-0.39, 0.29) is 16.6 Å². The Labute approximate surface area is 129 Å². The second kappa shape index (κ2) is 6.43. The maximum absolute atomic E-state index is 12.1. The van der Waals surface area contributed by atoms with Gasteiger partial charge in [0.15, 0.2) is 13.0 Å².